The zero-order chi connectivity index (χ0) is 22.1. The SMILES string of the molecule is C=CCn1c(=O)c2ccccc2n2c(SC(C)C(=O)Nc3ccc(C)c(F)c3)nnc12. The molecule has 0 saturated carbocycles. The highest BCUT2D eigenvalue weighted by atomic mass is 32.2. The molecule has 1 unspecified atom stereocenters. The first kappa shape index (κ1) is 20.8. The maximum absolute atomic E-state index is 13.8. The van der Waals surface area contributed by atoms with Gasteiger partial charge >= 0.3 is 0 Å². The van der Waals surface area contributed by atoms with Gasteiger partial charge in [0.05, 0.1) is 16.2 Å². The molecule has 2 aromatic carbocycles. The molecule has 2 heterocycles. The molecule has 2 aromatic heterocycles. The van der Waals surface area contributed by atoms with Crippen LogP contribution >= 0.6 is 11.8 Å². The average molecular weight is 438 g/mol. The van der Waals surface area contributed by atoms with Gasteiger partial charge in [-0.3, -0.25) is 18.6 Å². The molecule has 1 N–H and O–H groups in total. The molecule has 1 atom stereocenters. The summed E-state index contributed by atoms with van der Waals surface area (Å²) in [5.41, 5.74) is 1.37. The smallest absolute Gasteiger partial charge is 0.263 e. The summed E-state index contributed by atoms with van der Waals surface area (Å²) in [4.78, 5) is 25.5. The van der Waals surface area contributed by atoms with Crippen molar-refractivity contribution in [3.8, 4) is 0 Å². The fourth-order valence-electron chi connectivity index (χ4n) is 3.23. The van der Waals surface area contributed by atoms with Crippen LogP contribution in [0.4, 0.5) is 10.1 Å². The van der Waals surface area contributed by atoms with Crippen molar-refractivity contribution in [3.05, 3.63) is 76.9 Å². The van der Waals surface area contributed by atoms with Crippen molar-refractivity contribution in [2.45, 2.75) is 30.8 Å². The number of hydrogen-bond donors (Lipinski definition) is 1. The molecule has 0 saturated heterocycles. The second-order valence-corrected chi connectivity index (χ2v) is 8.36. The molecule has 0 aliphatic heterocycles. The van der Waals surface area contributed by atoms with E-state index in [2.05, 4.69) is 22.1 Å². The molecular weight excluding hydrogens is 417 g/mol. The molecule has 158 valence electrons. The first-order valence-electron chi connectivity index (χ1n) is 9.62. The highest BCUT2D eigenvalue weighted by Gasteiger charge is 2.21. The molecule has 0 bridgehead atoms. The van der Waals surface area contributed by atoms with Crippen LogP contribution in [-0.2, 0) is 11.3 Å². The number of amides is 1. The standard InChI is InChI=1S/C22H20FN5O2S/c1-4-11-27-20(30)16-7-5-6-8-18(16)28-21(27)25-26-22(28)31-14(3)19(29)24-15-10-9-13(2)17(23)12-15/h4-10,12,14H,1,11H2,2-3H3,(H,24,29). The summed E-state index contributed by atoms with van der Waals surface area (Å²) >= 11 is 1.20. The van der Waals surface area contributed by atoms with E-state index < -0.39 is 5.25 Å². The lowest BCUT2D eigenvalue weighted by molar-refractivity contribution is -0.115. The van der Waals surface area contributed by atoms with Gasteiger partial charge in [0.1, 0.15) is 5.82 Å². The van der Waals surface area contributed by atoms with E-state index in [0.717, 1.165) is 0 Å². The van der Waals surface area contributed by atoms with Crippen molar-refractivity contribution in [3.63, 3.8) is 0 Å². The first-order chi connectivity index (χ1) is 14.9. The normalized spacial score (nSPS) is 12.2. The Morgan fingerprint density at radius 2 is 2.06 bits per heavy atom. The quantitative estimate of drug-likeness (QED) is 0.367. The number of nitrogens with one attached hydrogen (secondary N) is 1. The molecule has 0 fully saturated rings. The number of hydrogen-bond acceptors (Lipinski definition) is 5. The van der Waals surface area contributed by atoms with Gasteiger partial charge in [-0.25, -0.2) is 4.39 Å². The van der Waals surface area contributed by atoms with Gasteiger partial charge in [0.25, 0.3) is 5.56 Å². The molecule has 7 nitrogen and oxygen atoms in total. The molecule has 9 heteroatoms. The number of carbonyl (C=O) groups is 1. The minimum absolute atomic E-state index is 0.181. The number of carbonyl (C=O) groups excluding carboxylic acids is 1. The Balaban J connectivity index is 1.70. The highest BCUT2D eigenvalue weighted by Crippen LogP contribution is 2.26. The summed E-state index contributed by atoms with van der Waals surface area (Å²) in [5.74, 6) is -0.304. The predicted molar refractivity (Wildman–Crippen MR) is 120 cm³/mol. The van der Waals surface area contributed by atoms with Crippen LogP contribution in [0.25, 0.3) is 16.7 Å². The van der Waals surface area contributed by atoms with Gasteiger partial charge < -0.3 is 5.32 Å². The Morgan fingerprint density at radius 1 is 1.29 bits per heavy atom. The summed E-state index contributed by atoms with van der Waals surface area (Å²) in [6.07, 6.45) is 1.62. The Labute approximate surface area is 181 Å². The van der Waals surface area contributed by atoms with Gasteiger partial charge in [-0.15, -0.1) is 16.8 Å². The van der Waals surface area contributed by atoms with Crippen LogP contribution in [0.15, 0.2) is 65.1 Å². The molecule has 31 heavy (non-hydrogen) atoms. The van der Waals surface area contributed by atoms with Crippen molar-refractivity contribution in [2.75, 3.05) is 5.32 Å². The summed E-state index contributed by atoms with van der Waals surface area (Å²) in [5, 5.41) is 11.6. The van der Waals surface area contributed by atoms with Crippen LogP contribution in [0.3, 0.4) is 0 Å². The zero-order valence-electron chi connectivity index (χ0n) is 17.0. The average Bonchev–Trinajstić information content (AvgIpc) is 3.17. The van der Waals surface area contributed by atoms with Crippen LogP contribution in [-0.4, -0.2) is 30.3 Å². The van der Waals surface area contributed by atoms with Crippen molar-refractivity contribution in [2.24, 2.45) is 0 Å². The third-order valence-corrected chi connectivity index (χ3v) is 5.92. The fraction of sp³-hybridized carbons (Fsp3) is 0.182. The van der Waals surface area contributed by atoms with E-state index in [1.54, 1.807) is 48.6 Å². The van der Waals surface area contributed by atoms with Gasteiger partial charge in [-0.2, -0.15) is 0 Å². The summed E-state index contributed by atoms with van der Waals surface area (Å²) in [6.45, 7) is 7.38. The predicted octanol–water partition coefficient (Wildman–Crippen LogP) is 3.80. The lowest BCUT2D eigenvalue weighted by atomic mass is 10.2. The van der Waals surface area contributed by atoms with Gasteiger partial charge in [0, 0.05) is 12.2 Å². The number of anilines is 1. The lowest BCUT2D eigenvalue weighted by Crippen LogP contribution is -2.24. The second-order valence-electron chi connectivity index (χ2n) is 7.05. The van der Waals surface area contributed by atoms with E-state index in [9.17, 15) is 14.0 Å². The maximum atomic E-state index is 13.8. The molecule has 0 spiro atoms. The van der Waals surface area contributed by atoms with E-state index >= 15 is 0 Å². The largest absolute Gasteiger partial charge is 0.325 e. The van der Waals surface area contributed by atoms with Gasteiger partial charge in [-0.1, -0.05) is 36.0 Å². The van der Waals surface area contributed by atoms with Crippen LogP contribution in [0.2, 0.25) is 0 Å². The third kappa shape index (κ3) is 3.84. The van der Waals surface area contributed by atoms with E-state index in [0.29, 0.717) is 33.1 Å². The monoisotopic (exact) mass is 437 g/mol. The maximum Gasteiger partial charge on any atom is 0.263 e. The number of halogens is 1. The molecule has 0 radical (unpaired) electrons. The van der Waals surface area contributed by atoms with Crippen molar-refractivity contribution in [1.82, 2.24) is 19.2 Å². The third-order valence-electron chi connectivity index (χ3n) is 4.88. The lowest BCUT2D eigenvalue weighted by Gasteiger charge is -2.13. The number of allylic oxidation sites excluding steroid dienone is 1. The summed E-state index contributed by atoms with van der Waals surface area (Å²) in [7, 11) is 0. The molecule has 1 amide bonds. The van der Waals surface area contributed by atoms with Crippen LogP contribution in [0.1, 0.15) is 12.5 Å². The number of thioether (sulfide) groups is 1. The van der Waals surface area contributed by atoms with Gasteiger partial charge in [0.15, 0.2) is 5.16 Å². The molecule has 4 aromatic rings. The van der Waals surface area contributed by atoms with E-state index in [1.165, 1.54) is 22.4 Å². The van der Waals surface area contributed by atoms with Crippen molar-refractivity contribution < 1.29 is 9.18 Å². The molecule has 0 aliphatic carbocycles. The van der Waals surface area contributed by atoms with Crippen LogP contribution in [0, 0.1) is 12.7 Å². The Morgan fingerprint density at radius 3 is 2.81 bits per heavy atom. The topological polar surface area (TPSA) is 81.3 Å². The van der Waals surface area contributed by atoms with Crippen LogP contribution < -0.4 is 10.9 Å². The fourth-order valence-corrected chi connectivity index (χ4v) is 4.09. The minimum Gasteiger partial charge on any atom is -0.325 e. The molecular formula is C22H20FN5O2S. The van der Waals surface area contributed by atoms with Crippen molar-refractivity contribution >= 4 is 40.0 Å². The van der Waals surface area contributed by atoms with E-state index in [1.807, 2.05) is 12.1 Å². The highest BCUT2D eigenvalue weighted by molar-refractivity contribution is 8.00. The van der Waals surface area contributed by atoms with E-state index in [4.69, 9.17) is 0 Å². The summed E-state index contributed by atoms with van der Waals surface area (Å²) < 4.78 is 17.0. The number of para-hydroxylation sites is 1. The Kier molecular flexibility index (Phi) is 5.60. The number of nitrogens with zero attached hydrogens (tertiary/aromatic N) is 4. The van der Waals surface area contributed by atoms with Gasteiger partial charge in [0.2, 0.25) is 11.7 Å². The Bertz CT molecular complexity index is 1380. The van der Waals surface area contributed by atoms with Gasteiger partial charge in [-0.05, 0) is 43.7 Å². The second kappa shape index (κ2) is 8.35. The molecule has 4 rings (SSSR count). The zero-order valence-corrected chi connectivity index (χ0v) is 17.8. The molecule has 0 aliphatic rings. The minimum atomic E-state index is -0.546. The number of aryl methyl sites for hydroxylation is 1. The Hall–Kier alpha value is -3.46. The number of benzene rings is 2. The first-order valence-corrected chi connectivity index (χ1v) is 10.5. The van der Waals surface area contributed by atoms with Crippen LogP contribution in [0.5, 0.6) is 0 Å². The van der Waals surface area contributed by atoms with E-state index in [-0.39, 0.29) is 23.8 Å². The summed E-state index contributed by atoms with van der Waals surface area (Å²) in [6, 6.07) is 11.7. The number of rotatable bonds is 6. The van der Waals surface area contributed by atoms with Crippen molar-refractivity contribution in [1.29, 1.82) is 0 Å². The number of aromatic nitrogens is 4. The number of fused-ring (bicyclic) bond motifs is 3.